The molecule has 116 valence electrons. The van der Waals surface area contributed by atoms with Gasteiger partial charge in [0, 0.05) is 25.7 Å². The topological polar surface area (TPSA) is 55.6 Å². The summed E-state index contributed by atoms with van der Waals surface area (Å²) in [5.74, 6) is 0.953. The van der Waals surface area contributed by atoms with E-state index in [2.05, 4.69) is 0 Å². The monoisotopic (exact) mass is 298 g/mol. The number of hydrogen-bond donors (Lipinski definition) is 1. The molecule has 0 spiro atoms. The van der Waals surface area contributed by atoms with Crippen LogP contribution in [0.2, 0.25) is 0 Å². The van der Waals surface area contributed by atoms with Crippen molar-refractivity contribution in [3.63, 3.8) is 0 Å². The summed E-state index contributed by atoms with van der Waals surface area (Å²) >= 11 is 0. The van der Waals surface area contributed by atoms with Gasteiger partial charge < -0.3 is 15.4 Å². The number of hydrogen-bond acceptors (Lipinski definition) is 3. The van der Waals surface area contributed by atoms with E-state index in [-0.39, 0.29) is 5.91 Å². The van der Waals surface area contributed by atoms with E-state index in [0.29, 0.717) is 13.0 Å². The Balaban J connectivity index is 1.84. The summed E-state index contributed by atoms with van der Waals surface area (Å²) < 4.78 is 5.13. The summed E-state index contributed by atoms with van der Waals surface area (Å²) in [5, 5.41) is 0. The predicted molar refractivity (Wildman–Crippen MR) is 88.6 cm³/mol. The van der Waals surface area contributed by atoms with E-state index in [1.54, 1.807) is 12.0 Å². The molecule has 0 aliphatic rings. The minimum Gasteiger partial charge on any atom is -0.497 e. The highest BCUT2D eigenvalue weighted by molar-refractivity contribution is 5.76. The molecule has 0 saturated carbocycles. The van der Waals surface area contributed by atoms with Crippen molar-refractivity contribution in [2.45, 2.75) is 19.4 Å². The van der Waals surface area contributed by atoms with E-state index in [9.17, 15) is 4.79 Å². The van der Waals surface area contributed by atoms with E-state index in [1.807, 2.05) is 55.6 Å². The standard InChI is InChI=1S/C18H22N2O2/c1-20(13-15-5-10-17(22-2)11-6-15)18(21)12-7-14-3-8-16(19)9-4-14/h3-6,8-11H,7,12-13,19H2,1-2H3. The summed E-state index contributed by atoms with van der Waals surface area (Å²) in [6.45, 7) is 0.602. The maximum absolute atomic E-state index is 12.2. The summed E-state index contributed by atoms with van der Waals surface area (Å²) in [7, 11) is 3.47. The number of ether oxygens (including phenoxy) is 1. The molecule has 2 N–H and O–H groups in total. The number of nitrogens with two attached hydrogens (primary N) is 1. The van der Waals surface area contributed by atoms with Crippen molar-refractivity contribution in [3.8, 4) is 5.75 Å². The molecule has 4 heteroatoms. The Labute approximate surface area is 131 Å². The first-order valence-electron chi connectivity index (χ1n) is 7.30. The lowest BCUT2D eigenvalue weighted by atomic mass is 10.1. The molecule has 2 aromatic rings. The van der Waals surface area contributed by atoms with Crippen molar-refractivity contribution in [2.24, 2.45) is 0 Å². The fraction of sp³-hybridized carbons (Fsp3) is 0.278. The van der Waals surface area contributed by atoms with Crippen LogP contribution in [0.4, 0.5) is 5.69 Å². The second-order valence-electron chi connectivity index (χ2n) is 5.34. The number of methoxy groups -OCH3 is 1. The van der Waals surface area contributed by atoms with E-state index < -0.39 is 0 Å². The second kappa shape index (κ2) is 7.50. The molecular weight excluding hydrogens is 276 g/mol. The number of nitrogen functional groups attached to an aromatic ring is 1. The molecule has 0 unspecified atom stereocenters. The Kier molecular flexibility index (Phi) is 5.42. The summed E-state index contributed by atoms with van der Waals surface area (Å²) in [4.78, 5) is 13.9. The number of aryl methyl sites for hydroxylation is 1. The van der Waals surface area contributed by atoms with Crippen LogP contribution in [-0.2, 0) is 17.8 Å². The first-order valence-corrected chi connectivity index (χ1v) is 7.30. The lowest BCUT2D eigenvalue weighted by molar-refractivity contribution is -0.130. The van der Waals surface area contributed by atoms with Crippen LogP contribution in [0.25, 0.3) is 0 Å². The Bertz CT molecular complexity index is 606. The average Bonchev–Trinajstić information content (AvgIpc) is 2.54. The minimum atomic E-state index is 0.132. The Morgan fingerprint density at radius 3 is 2.23 bits per heavy atom. The van der Waals surface area contributed by atoms with Crippen LogP contribution < -0.4 is 10.5 Å². The van der Waals surface area contributed by atoms with Gasteiger partial charge in [0.1, 0.15) is 5.75 Å². The first-order chi connectivity index (χ1) is 10.6. The van der Waals surface area contributed by atoms with Crippen LogP contribution in [0.15, 0.2) is 48.5 Å². The zero-order valence-corrected chi connectivity index (χ0v) is 13.1. The molecule has 0 saturated heterocycles. The molecule has 0 bridgehead atoms. The van der Waals surface area contributed by atoms with Crippen molar-refractivity contribution in [2.75, 3.05) is 19.9 Å². The molecule has 22 heavy (non-hydrogen) atoms. The number of rotatable bonds is 6. The molecule has 0 radical (unpaired) electrons. The second-order valence-corrected chi connectivity index (χ2v) is 5.34. The zero-order valence-electron chi connectivity index (χ0n) is 13.1. The largest absolute Gasteiger partial charge is 0.497 e. The maximum Gasteiger partial charge on any atom is 0.222 e. The van der Waals surface area contributed by atoms with Gasteiger partial charge in [-0.1, -0.05) is 24.3 Å². The lowest BCUT2D eigenvalue weighted by Crippen LogP contribution is -2.26. The van der Waals surface area contributed by atoms with Crippen LogP contribution in [-0.4, -0.2) is 25.0 Å². The third-order valence-corrected chi connectivity index (χ3v) is 3.61. The van der Waals surface area contributed by atoms with Crippen molar-refractivity contribution in [1.29, 1.82) is 0 Å². The van der Waals surface area contributed by atoms with Gasteiger partial charge in [-0.05, 0) is 41.8 Å². The summed E-state index contributed by atoms with van der Waals surface area (Å²) in [5.41, 5.74) is 8.61. The molecule has 0 fully saturated rings. The fourth-order valence-corrected chi connectivity index (χ4v) is 2.22. The van der Waals surface area contributed by atoms with E-state index in [1.165, 1.54) is 0 Å². The number of anilines is 1. The predicted octanol–water partition coefficient (Wildman–Crippen LogP) is 2.87. The van der Waals surface area contributed by atoms with E-state index in [0.717, 1.165) is 29.0 Å². The molecule has 0 aliphatic carbocycles. The van der Waals surface area contributed by atoms with Crippen LogP contribution >= 0.6 is 0 Å². The van der Waals surface area contributed by atoms with Gasteiger partial charge in [-0.15, -0.1) is 0 Å². The normalized spacial score (nSPS) is 10.3. The Hall–Kier alpha value is -2.49. The van der Waals surface area contributed by atoms with Crippen LogP contribution in [0.3, 0.4) is 0 Å². The van der Waals surface area contributed by atoms with Crippen molar-refractivity contribution in [3.05, 3.63) is 59.7 Å². The molecule has 4 nitrogen and oxygen atoms in total. The molecule has 2 aromatic carbocycles. The first kappa shape index (κ1) is 15.9. The smallest absolute Gasteiger partial charge is 0.222 e. The van der Waals surface area contributed by atoms with Gasteiger partial charge in [-0.25, -0.2) is 0 Å². The number of benzene rings is 2. The molecule has 0 aliphatic heterocycles. The fourth-order valence-electron chi connectivity index (χ4n) is 2.22. The highest BCUT2D eigenvalue weighted by Gasteiger charge is 2.09. The van der Waals surface area contributed by atoms with Crippen molar-refractivity contribution in [1.82, 2.24) is 4.90 Å². The summed E-state index contributed by atoms with van der Waals surface area (Å²) in [6.07, 6.45) is 1.22. The van der Waals surface area contributed by atoms with Gasteiger partial charge in [0.05, 0.1) is 7.11 Å². The highest BCUT2D eigenvalue weighted by atomic mass is 16.5. The quantitative estimate of drug-likeness (QED) is 0.834. The van der Waals surface area contributed by atoms with Crippen LogP contribution in [0, 0.1) is 0 Å². The summed E-state index contributed by atoms with van der Waals surface area (Å²) in [6, 6.07) is 15.4. The van der Waals surface area contributed by atoms with Crippen molar-refractivity contribution >= 4 is 11.6 Å². The number of nitrogens with zero attached hydrogens (tertiary/aromatic N) is 1. The SMILES string of the molecule is COc1ccc(CN(C)C(=O)CCc2ccc(N)cc2)cc1. The molecule has 0 aromatic heterocycles. The molecule has 2 rings (SSSR count). The van der Waals surface area contributed by atoms with E-state index in [4.69, 9.17) is 10.5 Å². The highest BCUT2D eigenvalue weighted by Crippen LogP contribution is 2.13. The Morgan fingerprint density at radius 2 is 1.64 bits per heavy atom. The van der Waals surface area contributed by atoms with Crippen LogP contribution in [0.5, 0.6) is 5.75 Å². The van der Waals surface area contributed by atoms with Gasteiger partial charge in [-0.3, -0.25) is 4.79 Å². The molecular formula is C18H22N2O2. The van der Waals surface area contributed by atoms with E-state index >= 15 is 0 Å². The maximum atomic E-state index is 12.2. The molecule has 0 atom stereocenters. The molecule has 1 amide bonds. The number of amides is 1. The number of carbonyl (C=O) groups is 1. The van der Waals surface area contributed by atoms with Gasteiger partial charge in [0.15, 0.2) is 0 Å². The third-order valence-electron chi connectivity index (χ3n) is 3.61. The minimum absolute atomic E-state index is 0.132. The van der Waals surface area contributed by atoms with Gasteiger partial charge in [0.25, 0.3) is 0 Å². The Morgan fingerprint density at radius 1 is 1.05 bits per heavy atom. The average molecular weight is 298 g/mol. The van der Waals surface area contributed by atoms with Gasteiger partial charge >= 0.3 is 0 Å². The third kappa shape index (κ3) is 4.52. The van der Waals surface area contributed by atoms with Crippen molar-refractivity contribution < 1.29 is 9.53 Å². The van der Waals surface area contributed by atoms with Gasteiger partial charge in [0.2, 0.25) is 5.91 Å². The van der Waals surface area contributed by atoms with Gasteiger partial charge in [-0.2, -0.15) is 0 Å². The van der Waals surface area contributed by atoms with Crippen LogP contribution in [0.1, 0.15) is 17.5 Å². The zero-order chi connectivity index (χ0) is 15.9. The molecule has 0 heterocycles. The lowest BCUT2D eigenvalue weighted by Gasteiger charge is -2.17. The number of carbonyl (C=O) groups excluding carboxylic acids is 1.